The summed E-state index contributed by atoms with van der Waals surface area (Å²) in [6.07, 6.45) is 5.52. The van der Waals surface area contributed by atoms with Crippen molar-refractivity contribution in [1.29, 1.82) is 0 Å². The summed E-state index contributed by atoms with van der Waals surface area (Å²) in [5.74, 6) is 1.83. The molecule has 0 atom stereocenters. The average molecular weight is 429 g/mol. The highest BCUT2D eigenvalue weighted by atomic mass is 35.5. The molecule has 3 heterocycles. The summed E-state index contributed by atoms with van der Waals surface area (Å²) in [6, 6.07) is 8.09. The Hall–Kier alpha value is -2.64. The Morgan fingerprint density at radius 2 is 1.70 bits per heavy atom. The predicted octanol–water partition coefficient (Wildman–Crippen LogP) is 3.33. The van der Waals surface area contributed by atoms with Gasteiger partial charge in [0.2, 0.25) is 0 Å². The molecule has 1 aromatic carbocycles. The van der Waals surface area contributed by atoms with Crippen LogP contribution in [0, 0.1) is 6.92 Å². The van der Waals surface area contributed by atoms with Gasteiger partial charge in [-0.3, -0.25) is 14.6 Å². The second-order valence-corrected chi connectivity index (χ2v) is 7.33. The molecule has 7 nitrogen and oxygen atoms in total. The van der Waals surface area contributed by atoms with Crippen LogP contribution in [0.2, 0.25) is 0 Å². The lowest BCUT2D eigenvalue weighted by Gasteiger charge is -2.35. The molecule has 8 heteroatoms. The topological polar surface area (TPSA) is 59.3 Å². The Morgan fingerprint density at radius 1 is 1.00 bits per heavy atom. The lowest BCUT2D eigenvalue weighted by molar-refractivity contribution is 0.249. The molecule has 0 saturated carbocycles. The highest BCUT2D eigenvalue weighted by Gasteiger charge is 2.22. The maximum absolute atomic E-state index is 5.56. The number of halogens is 1. The standard InChI is InChI=1S/C22H28N6O.ClH/c1-4-29-20-7-5-18(6-8-20)21-22(24-10-9-23-21)28-13-11-27(12-14-28)16-19-15-25-26(3)17(19)2;/h5-10,15H,4,11-14,16H2,1-3H3;1H. The van der Waals surface area contributed by atoms with Gasteiger partial charge in [-0.25, -0.2) is 4.98 Å². The summed E-state index contributed by atoms with van der Waals surface area (Å²) in [5.41, 5.74) is 4.52. The third-order valence-corrected chi connectivity index (χ3v) is 5.52. The van der Waals surface area contributed by atoms with Gasteiger partial charge in [0.05, 0.1) is 12.8 Å². The molecule has 0 amide bonds. The van der Waals surface area contributed by atoms with Gasteiger partial charge in [-0.1, -0.05) is 0 Å². The van der Waals surface area contributed by atoms with Crippen molar-refractivity contribution in [1.82, 2.24) is 24.6 Å². The van der Waals surface area contributed by atoms with Gasteiger partial charge in [0.15, 0.2) is 5.82 Å². The lowest BCUT2D eigenvalue weighted by atomic mass is 10.1. The van der Waals surface area contributed by atoms with Crippen LogP contribution in [-0.2, 0) is 13.6 Å². The summed E-state index contributed by atoms with van der Waals surface area (Å²) in [5, 5.41) is 4.36. The van der Waals surface area contributed by atoms with Crippen molar-refractivity contribution in [2.75, 3.05) is 37.7 Å². The van der Waals surface area contributed by atoms with Gasteiger partial charge >= 0.3 is 0 Å². The second kappa shape index (κ2) is 9.91. The molecule has 1 aliphatic rings. The van der Waals surface area contributed by atoms with Crippen molar-refractivity contribution >= 4 is 18.2 Å². The average Bonchev–Trinajstić information content (AvgIpc) is 3.07. The van der Waals surface area contributed by atoms with Gasteiger partial charge in [0.25, 0.3) is 0 Å². The minimum Gasteiger partial charge on any atom is -0.494 e. The summed E-state index contributed by atoms with van der Waals surface area (Å²) in [4.78, 5) is 14.1. The second-order valence-electron chi connectivity index (χ2n) is 7.33. The maximum Gasteiger partial charge on any atom is 0.155 e. The molecule has 0 unspecified atom stereocenters. The quantitative estimate of drug-likeness (QED) is 0.600. The first-order valence-corrected chi connectivity index (χ1v) is 10.1. The first-order valence-electron chi connectivity index (χ1n) is 10.1. The number of ether oxygens (including phenoxy) is 1. The van der Waals surface area contributed by atoms with E-state index in [1.807, 2.05) is 37.0 Å². The molecular weight excluding hydrogens is 400 g/mol. The molecule has 0 bridgehead atoms. The Balaban J connectivity index is 0.00000256. The molecule has 1 saturated heterocycles. The van der Waals surface area contributed by atoms with Crippen LogP contribution >= 0.6 is 12.4 Å². The van der Waals surface area contributed by atoms with E-state index in [9.17, 15) is 0 Å². The first-order chi connectivity index (χ1) is 14.2. The normalized spacial score (nSPS) is 14.4. The number of hydrogen-bond donors (Lipinski definition) is 0. The smallest absolute Gasteiger partial charge is 0.155 e. The number of piperazine rings is 1. The Kier molecular flexibility index (Phi) is 7.29. The van der Waals surface area contributed by atoms with Crippen LogP contribution in [0.5, 0.6) is 5.75 Å². The summed E-state index contributed by atoms with van der Waals surface area (Å²) >= 11 is 0. The zero-order valence-electron chi connectivity index (χ0n) is 17.8. The molecule has 0 N–H and O–H groups in total. The Bertz CT molecular complexity index is 951. The highest BCUT2D eigenvalue weighted by Crippen LogP contribution is 2.29. The highest BCUT2D eigenvalue weighted by molar-refractivity contribution is 5.85. The molecule has 160 valence electrons. The fourth-order valence-corrected chi connectivity index (χ4v) is 3.70. The van der Waals surface area contributed by atoms with Gasteiger partial charge in [-0.2, -0.15) is 5.10 Å². The van der Waals surface area contributed by atoms with Crippen LogP contribution in [0.3, 0.4) is 0 Å². The first kappa shape index (κ1) is 22.1. The van der Waals surface area contributed by atoms with E-state index in [-0.39, 0.29) is 12.4 Å². The summed E-state index contributed by atoms with van der Waals surface area (Å²) in [6.45, 7) is 9.58. The van der Waals surface area contributed by atoms with Crippen molar-refractivity contribution < 1.29 is 4.74 Å². The van der Waals surface area contributed by atoms with Crippen LogP contribution in [0.1, 0.15) is 18.2 Å². The third-order valence-electron chi connectivity index (χ3n) is 5.52. The largest absolute Gasteiger partial charge is 0.494 e. The Morgan fingerprint density at radius 3 is 2.33 bits per heavy atom. The number of anilines is 1. The van der Waals surface area contributed by atoms with Gasteiger partial charge in [0.1, 0.15) is 11.4 Å². The fourth-order valence-electron chi connectivity index (χ4n) is 3.70. The van der Waals surface area contributed by atoms with Gasteiger partial charge in [-0.05, 0) is 38.1 Å². The van der Waals surface area contributed by atoms with Crippen molar-refractivity contribution in [2.45, 2.75) is 20.4 Å². The molecule has 0 spiro atoms. The van der Waals surface area contributed by atoms with E-state index in [0.717, 1.165) is 55.5 Å². The van der Waals surface area contributed by atoms with Crippen molar-refractivity contribution in [3.63, 3.8) is 0 Å². The lowest BCUT2D eigenvalue weighted by Crippen LogP contribution is -2.46. The number of benzene rings is 1. The molecule has 30 heavy (non-hydrogen) atoms. The van der Waals surface area contributed by atoms with Gasteiger partial charge in [-0.15, -0.1) is 12.4 Å². The van der Waals surface area contributed by atoms with Crippen molar-refractivity contribution in [3.8, 4) is 17.0 Å². The fraction of sp³-hybridized carbons (Fsp3) is 0.409. The van der Waals surface area contributed by atoms with Gasteiger partial charge < -0.3 is 9.64 Å². The summed E-state index contributed by atoms with van der Waals surface area (Å²) in [7, 11) is 1.99. The molecule has 2 aromatic heterocycles. The SMILES string of the molecule is CCOc1ccc(-c2nccnc2N2CCN(Cc3cnn(C)c3C)CC2)cc1.Cl. The number of rotatable bonds is 6. The van der Waals surface area contributed by atoms with Crippen molar-refractivity contribution in [3.05, 3.63) is 54.1 Å². The third kappa shape index (κ3) is 4.74. The van der Waals surface area contributed by atoms with E-state index < -0.39 is 0 Å². The van der Waals surface area contributed by atoms with Gasteiger partial charge in [0, 0.05) is 69.0 Å². The van der Waals surface area contributed by atoms with E-state index in [1.165, 1.54) is 11.3 Å². The van der Waals surface area contributed by atoms with E-state index in [0.29, 0.717) is 6.61 Å². The monoisotopic (exact) mass is 428 g/mol. The number of aryl methyl sites for hydroxylation is 1. The molecule has 0 aliphatic carbocycles. The van der Waals surface area contributed by atoms with Crippen LogP contribution < -0.4 is 9.64 Å². The van der Waals surface area contributed by atoms with E-state index in [2.05, 4.69) is 43.9 Å². The molecule has 3 aromatic rings. The number of hydrogen-bond acceptors (Lipinski definition) is 6. The van der Waals surface area contributed by atoms with Crippen LogP contribution in [-0.4, -0.2) is 57.4 Å². The van der Waals surface area contributed by atoms with E-state index >= 15 is 0 Å². The Labute approximate surface area is 184 Å². The number of aromatic nitrogens is 4. The summed E-state index contributed by atoms with van der Waals surface area (Å²) < 4.78 is 7.49. The maximum atomic E-state index is 5.56. The molecule has 0 radical (unpaired) electrons. The zero-order valence-corrected chi connectivity index (χ0v) is 18.6. The van der Waals surface area contributed by atoms with E-state index in [1.54, 1.807) is 12.4 Å². The molecular formula is C22H29ClN6O. The minimum atomic E-state index is 0. The van der Waals surface area contributed by atoms with Crippen LogP contribution in [0.15, 0.2) is 42.9 Å². The minimum absolute atomic E-state index is 0. The van der Waals surface area contributed by atoms with Crippen LogP contribution in [0.4, 0.5) is 5.82 Å². The van der Waals surface area contributed by atoms with E-state index in [4.69, 9.17) is 4.74 Å². The molecule has 1 aliphatic heterocycles. The zero-order chi connectivity index (χ0) is 20.2. The van der Waals surface area contributed by atoms with Crippen molar-refractivity contribution in [2.24, 2.45) is 7.05 Å². The molecule has 1 fully saturated rings. The van der Waals surface area contributed by atoms with Crippen LogP contribution in [0.25, 0.3) is 11.3 Å². The number of nitrogens with zero attached hydrogens (tertiary/aromatic N) is 6. The molecule has 4 rings (SSSR count). The predicted molar refractivity (Wildman–Crippen MR) is 121 cm³/mol.